The molecule has 1 aromatic heterocycles. The van der Waals surface area contributed by atoms with Gasteiger partial charge >= 0.3 is 6.09 Å². The van der Waals surface area contributed by atoms with Gasteiger partial charge in [0.15, 0.2) is 0 Å². The number of unbranched alkanes of at least 4 members (excludes halogenated alkanes) is 1. The average molecular weight is 459 g/mol. The molecule has 32 heavy (non-hydrogen) atoms. The first-order valence-electron chi connectivity index (χ1n) is 10.5. The highest BCUT2D eigenvalue weighted by molar-refractivity contribution is 7.81. The summed E-state index contributed by atoms with van der Waals surface area (Å²) in [6.07, 6.45) is 6.07. The zero-order valence-electron chi connectivity index (χ0n) is 17.6. The van der Waals surface area contributed by atoms with Gasteiger partial charge in [0.05, 0.1) is 4.92 Å². The van der Waals surface area contributed by atoms with Crippen molar-refractivity contribution in [2.45, 2.75) is 43.6 Å². The Kier molecular flexibility index (Phi) is 8.43. The zero-order valence-corrected chi connectivity index (χ0v) is 18.4. The Morgan fingerprint density at radius 3 is 2.56 bits per heavy atom. The lowest BCUT2D eigenvalue weighted by atomic mass is 10.1. The number of nitro benzene ring substituents is 1. The molecule has 3 rings (SSSR count). The average Bonchev–Trinajstić information content (AvgIpc) is 3.20. The summed E-state index contributed by atoms with van der Waals surface area (Å²) >= 11 is 4.44. The van der Waals surface area contributed by atoms with E-state index in [1.165, 1.54) is 34.7 Å². The second kappa shape index (κ2) is 11.5. The van der Waals surface area contributed by atoms with Crippen molar-refractivity contribution in [2.75, 3.05) is 13.1 Å². The first kappa shape index (κ1) is 23.5. The SMILES string of the molecule is O=C(NCCCCc1ccncc1)C1CC(S)CN1C(=O)OCc1ccc([N+](=O)[O-])cc1. The maximum atomic E-state index is 12.6. The molecular formula is C22H26N4O5S. The van der Waals surface area contributed by atoms with Crippen LogP contribution in [0.2, 0.25) is 0 Å². The van der Waals surface area contributed by atoms with Crippen LogP contribution >= 0.6 is 12.6 Å². The number of nitro groups is 1. The standard InChI is InChI=1S/C22H26N4O5S/c27-21(24-10-2-1-3-16-8-11-23-12-9-16)20-13-19(32)14-25(20)22(28)31-15-17-4-6-18(7-5-17)26(29)30/h4-9,11-12,19-20,32H,1-3,10,13-15H2,(H,24,27). The number of ether oxygens (including phenoxy) is 1. The molecule has 2 amide bonds. The number of benzene rings is 1. The number of nitrogens with one attached hydrogen (secondary N) is 1. The van der Waals surface area contributed by atoms with Crippen LogP contribution in [0.4, 0.5) is 10.5 Å². The highest BCUT2D eigenvalue weighted by Gasteiger charge is 2.39. The number of hydrogen-bond donors (Lipinski definition) is 2. The number of rotatable bonds is 9. The van der Waals surface area contributed by atoms with Crippen LogP contribution in [0.3, 0.4) is 0 Å². The number of nitrogens with zero attached hydrogens (tertiary/aromatic N) is 3. The third-order valence-corrected chi connectivity index (χ3v) is 5.64. The van der Waals surface area contributed by atoms with Gasteiger partial charge in [0.2, 0.25) is 5.91 Å². The lowest BCUT2D eigenvalue weighted by Crippen LogP contribution is -2.46. The highest BCUT2D eigenvalue weighted by atomic mass is 32.1. The number of aromatic nitrogens is 1. The third kappa shape index (κ3) is 6.68. The van der Waals surface area contributed by atoms with Crippen LogP contribution in [-0.4, -0.2) is 51.2 Å². The number of amides is 2. The number of hydrogen-bond acceptors (Lipinski definition) is 7. The van der Waals surface area contributed by atoms with Gasteiger partial charge in [-0.15, -0.1) is 0 Å². The van der Waals surface area contributed by atoms with Crippen LogP contribution in [0.25, 0.3) is 0 Å². The van der Waals surface area contributed by atoms with Gasteiger partial charge in [-0.05, 0) is 61.1 Å². The molecule has 1 fully saturated rings. The fourth-order valence-corrected chi connectivity index (χ4v) is 3.91. The number of carbonyl (C=O) groups is 2. The third-order valence-electron chi connectivity index (χ3n) is 5.27. The van der Waals surface area contributed by atoms with E-state index in [-0.39, 0.29) is 23.5 Å². The van der Waals surface area contributed by atoms with Gasteiger partial charge in [-0.3, -0.25) is 24.8 Å². The molecule has 170 valence electrons. The Bertz CT molecular complexity index is 926. The van der Waals surface area contributed by atoms with Gasteiger partial charge < -0.3 is 10.1 Å². The van der Waals surface area contributed by atoms with E-state index in [0.29, 0.717) is 25.1 Å². The minimum absolute atomic E-state index is 0.0324. The second-order valence-corrected chi connectivity index (χ2v) is 8.37. The number of aryl methyl sites for hydroxylation is 1. The molecule has 0 bridgehead atoms. The summed E-state index contributed by atoms with van der Waals surface area (Å²) < 4.78 is 5.33. The van der Waals surface area contributed by atoms with E-state index in [2.05, 4.69) is 22.9 Å². The normalized spacial score (nSPS) is 17.7. The maximum absolute atomic E-state index is 12.6. The summed E-state index contributed by atoms with van der Waals surface area (Å²) in [5.41, 5.74) is 1.80. The number of thiol groups is 1. The minimum Gasteiger partial charge on any atom is -0.445 e. The molecule has 2 unspecified atom stereocenters. The van der Waals surface area contributed by atoms with Gasteiger partial charge in [0.1, 0.15) is 12.6 Å². The summed E-state index contributed by atoms with van der Waals surface area (Å²) in [5.74, 6) is -0.210. The van der Waals surface area contributed by atoms with Crippen LogP contribution in [0.5, 0.6) is 0 Å². The molecule has 1 aromatic carbocycles. The largest absolute Gasteiger partial charge is 0.445 e. The van der Waals surface area contributed by atoms with E-state index < -0.39 is 17.1 Å². The Balaban J connectivity index is 1.44. The zero-order chi connectivity index (χ0) is 22.9. The molecule has 1 N–H and O–H groups in total. The van der Waals surface area contributed by atoms with Crippen LogP contribution < -0.4 is 5.32 Å². The predicted octanol–water partition coefficient (Wildman–Crippen LogP) is 3.14. The highest BCUT2D eigenvalue weighted by Crippen LogP contribution is 2.23. The number of carbonyl (C=O) groups excluding carboxylic acids is 2. The van der Waals surface area contributed by atoms with Gasteiger partial charge in [0, 0.05) is 42.9 Å². The monoisotopic (exact) mass is 458 g/mol. The number of likely N-dealkylation sites (tertiary alicyclic amines) is 1. The van der Waals surface area contributed by atoms with Gasteiger partial charge in [-0.2, -0.15) is 12.6 Å². The van der Waals surface area contributed by atoms with Crippen molar-refractivity contribution in [3.05, 3.63) is 70.0 Å². The summed E-state index contributed by atoms with van der Waals surface area (Å²) in [6.45, 7) is 0.819. The first-order chi connectivity index (χ1) is 15.4. The molecule has 0 radical (unpaired) electrons. The quantitative estimate of drug-likeness (QED) is 0.258. The molecule has 1 saturated heterocycles. The van der Waals surface area contributed by atoms with Crippen molar-refractivity contribution in [1.29, 1.82) is 0 Å². The Morgan fingerprint density at radius 1 is 1.16 bits per heavy atom. The van der Waals surface area contributed by atoms with E-state index in [1.807, 2.05) is 12.1 Å². The molecule has 10 heteroatoms. The molecule has 0 aliphatic carbocycles. The molecule has 2 heterocycles. The lowest BCUT2D eigenvalue weighted by Gasteiger charge is -2.23. The van der Waals surface area contributed by atoms with Crippen LogP contribution in [0.1, 0.15) is 30.4 Å². The van der Waals surface area contributed by atoms with Crippen molar-refractivity contribution < 1.29 is 19.2 Å². The molecule has 1 aliphatic rings. The van der Waals surface area contributed by atoms with Crippen molar-refractivity contribution >= 4 is 30.3 Å². The molecule has 2 atom stereocenters. The van der Waals surface area contributed by atoms with E-state index in [9.17, 15) is 19.7 Å². The van der Waals surface area contributed by atoms with E-state index in [4.69, 9.17) is 4.74 Å². The molecule has 0 spiro atoms. The topological polar surface area (TPSA) is 115 Å². The summed E-state index contributed by atoms with van der Waals surface area (Å²) in [7, 11) is 0. The van der Waals surface area contributed by atoms with Crippen molar-refractivity contribution in [1.82, 2.24) is 15.2 Å². The minimum atomic E-state index is -0.623. The molecule has 2 aromatic rings. The van der Waals surface area contributed by atoms with E-state index >= 15 is 0 Å². The molecular weight excluding hydrogens is 432 g/mol. The molecule has 0 saturated carbocycles. The Labute approximate surface area is 191 Å². The summed E-state index contributed by atoms with van der Waals surface area (Å²) in [6, 6.07) is 9.11. The van der Waals surface area contributed by atoms with Gasteiger partial charge in [-0.25, -0.2) is 4.79 Å². The summed E-state index contributed by atoms with van der Waals surface area (Å²) in [4.78, 5) is 40.8. The van der Waals surface area contributed by atoms with Crippen LogP contribution in [-0.2, 0) is 22.6 Å². The van der Waals surface area contributed by atoms with Crippen molar-refractivity contribution in [2.24, 2.45) is 0 Å². The molecule has 9 nitrogen and oxygen atoms in total. The van der Waals surface area contributed by atoms with Crippen LogP contribution in [0.15, 0.2) is 48.8 Å². The predicted molar refractivity (Wildman–Crippen MR) is 121 cm³/mol. The Morgan fingerprint density at radius 2 is 1.88 bits per heavy atom. The van der Waals surface area contributed by atoms with Crippen molar-refractivity contribution in [3.63, 3.8) is 0 Å². The van der Waals surface area contributed by atoms with Crippen LogP contribution in [0, 0.1) is 10.1 Å². The van der Waals surface area contributed by atoms with E-state index in [0.717, 1.165) is 19.3 Å². The first-order valence-corrected chi connectivity index (χ1v) is 11.0. The summed E-state index contributed by atoms with van der Waals surface area (Å²) in [5, 5.41) is 13.5. The van der Waals surface area contributed by atoms with Gasteiger partial charge in [-0.1, -0.05) is 0 Å². The fraction of sp³-hybridized carbons (Fsp3) is 0.409. The smallest absolute Gasteiger partial charge is 0.410 e. The molecule has 1 aliphatic heterocycles. The maximum Gasteiger partial charge on any atom is 0.410 e. The number of non-ortho nitro benzene ring substituents is 1. The van der Waals surface area contributed by atoms with Crippen molar-refractivity contribution in [3.8, 4) is 0 Å². The fourth-order valence-electron chi connectivity index (χ4n) is 3.54. The lowest BCUT2D eigenvalue weighted by molar-refractivity contribution is -0.384. The Hall–Kier alpha value is -3.14. The number of pyridine rings is 1. The van der Waals surface area contributed by atoms with Gasteiger partial charge in [0.25, 0.3) is 5.69 Å². The second-order valence-electron chi connectivity index (χ2n) is 7.64. The van der Waals surface area contributed by atoms with E-state index in [1.54, 1.807) is 12.4 Å².